The van der Waals surface area contributed by atoms with Gasteiger partial charge in [0, 0.05) is 20.0 Å². The second-order valence-electron chi connectivity index (χ2n) is 7.89. The fourth-order valence-corrected chi connectivity index (χ4v) is 3.59. The SMILES string of the molecule is Cn1c(=O)[nH]c2ccc(C34CCN(C(=O)OC(C)(C)C)CC3O4)cc21. The number of hydrogen-bond acceptors (Lipinski definition) is 4. The van der Waals surface area contributed by atoms with Gasteiger partial charge < -0.3 is 19.4 Å². The number of nitrogens with zero attached hydrogens (tertiary/aromatic N) is 2. The second kappa shape index (κ2) is 5.11. The van der Waals surface area contributed by atoms with Crippen LogP contribution in [0.5, 0.6) is 0 Å². The number of fused-ring (bicyclic) bond motifs is 2. The van der Waals surface area contributed by atoms with E-state index in [2.05, 4.69) is 4.98 Å². The standard InChI is InChI=1S/C18H23N3O4/c1-17(2,3)25-16(23)21-8-7-18(14(10-21)24-18)11-5-6-12-13(9-11)20(4)15(22)19-12/h5-6,9,14H,7-8,10H2,1-4H3,(H,19,22). The third-order valence-electron chi connectivity index (χ3n) is 5.00. The third-order valence-corrected chi connectivity index (χ3v) is 5.00. The number of H-pyrrole nitrogens is 1. The third kappa shape index (κ3) is 2.63. The Balaban J connectivity index is 1.54. The van der Waals surface area contributed by atoms with E-state index in [0.29, 0.717) is 13.1 Å². The van der Waals surface area contributed by atoms with E-state index in [0.717, 1.165) is 23.0 Å². The molecule has 1 N–H and O–H groups in total. The van der Waals surface area contributed by atoms with Crippen molar-refractivity contribution in [2.45, 2.75) is 44.5 Å². The average molecular weight is 345 g/mol. The monoisotopic (exact) mass is 345 g/mol. The highest BCUT2D eigenvalue weighted by Gasteiger charge is 2.61. The van der Waals surface area contributed by atoms with Gasteiger partial charge in [-0.3, -0.25) is 4.57 Å². The maximum Gasteiger partial charge on any atom is 0.410 e. The highest BCUT2D eigenvalue weighted by molar-refractivity contribution is 5.76. The molecule has 2 aromatic rings. The van der Waals surface area contributed by atoms with E-state index in [-0.39, 0.29) is 23.5 Å². The number of nitrogens with one attached hydrogen (secondary N) is 1. The molecule has 1 amide bonds. The van der Waals surface area contributed by atoms with Crippen LogP contribution in [0.1, 0.15) is 32.8 Å². The molecule has 3 heterocycles. The van der Waals surface area contributed by atoms with Gasteiger partial charge in [-0.05, 0) is 38.5 Å². The molecule has 1 aromatic heterocycles. The zero-order chi connectivity index (χ0) is 18.0. The second-order valence-corrected chi connectivity index (χ2v) is 7.89. The Labute approximate surface area is 145 Å². The van der Waals surface area contributed by atoms with Crippen LogP contribution in [0, 0.1) is 0 Å². The van der Waals surface area contributed by atoms with Gasteiger partial charge in [-0.15, -0.1) is 0 Å². The number of carbonyl (C=O) groups excluding carboxylic acids is 1. The largest absolute Gasteiger partial charge is 0.444 e. The van der Waals surface area contributed by atoms with E-state index in [1.807, 2.05) is 39.0 Å². The van der Waals surface area contributed by atoms with Crippen molar-refractivity contribution >= 4 is 17.1 Å². The van der Waals surface area contributed by atoms with Crippen molar-refractivity contribution < 1.29 is 14.3 Å². The lowest BCUT2D eigenvalue weighted by molar-refractivity contribution is 0.0217. The summed E-state index contributed by atoms with van der Waals surface area (Å²) in [5.41, 5.74) is 1.76. The van der Waals surface area contributed by atoms with Crippen LogP contribution in [-0.4, -0.2) is 45.3 Å². The predicted octanol–water partition coefficient (Wildman–Crippen LogP) is 2.10. The first kappa shape index (κ1) is 16.2. The van der Waals surface area contributed by atoms with Gasteiger partial charge in [0.15, 0.2) is 0 Å². The first-order valence-corrected chi connectivity index (χ1v) is 8.55. The number of aromatic nitrogens is 2. The van der Waals surface area contributed by atoms with Crippen molar-refractivity contribution in [3.8, 4) is 0 Å². The zero-order valence-corrected chi connectivity index (χ0v) is 15.0. The molecule has 0 radical (unpaired) electrons. The van der Waals surface area contributed by atoms with Gasteiger partial charge in [0.05, 0.1) is 17.6 Å². The average Bonchev–Trinajstić information content (AvgIpc) is 3.20. The molecule has 25 heavy (non-hydrogen) atoms. The maximum absolute atomic E-state index is 12.2. The van der Waals surface area contributed by atoms with E-state index in [1.165, 1.54) is 0 Å². The fraction of sp³-hybridized carbons (Fsp3) is 0.556. The van der Waals surface area contributed by atoms with Crippen molar-refractivity contribution in [2.75, 3.05) is 13.1 Å². The molecule has 1 aromatic carbocycles. The Kier molecular flexibility index (Phi) is 3.31. The minimum absolute atomic E-state index is 0.0258. The molecular weight excluding hydrogens is 322 g/mol. The summed E-state index contributed by atoms with van der Waals surface area (Å²) >= 11 is 0. The molecule has 2 unspecified atom stereocenters. The van der Waals surface area contributed by atoms with Gasteiger partial charge in [-0.1, -0.05) is 6.07 Å². The quantitative estimate of drug-likeness (QED) is 0.803. The summed E-state index contributed by atoms with van der Waals surface area (Å²) < 4.78 is 13.1. The van der Waals surface area contributed by atoms with Crippen molar-refractivity contribution in [1.82, 2.24) is 14.5 Å². The molecular formula is C18H23N3O4. The summed E-state index contributed by atoms with van der Waals surface area (Å²) in [5.74, 6) is 0. The van der Waals surface area contributed by atoms with Crippen LogP contribution in [0.25, 0.3) is 11.0 Å². The Bertz CT molecular complexity index is 907. The molecule has 2 saturated heterocycles. The van der Waals surface area contributed by atoms with Crippen LogP contribution >= 0.6 is 0 Å². The first-order valence-electron chi connectivity index (χ1n) is 8.55. The minimum atomic E-state index is -0.500. The summed E-state index contributed by atoms with van der Waals surface area (Å²) in [6.45, 7) is 6.71. The van der Waals surface area contributed by atoms with Crippen LogP contribution < -0.4 is 5.69 Å². The fourth-order valence-electron chi connectivity index (χ4n) is 3.59. The van der Waals surface area contributed by atoms with Crippen LogP contribution in [0.3, 0.4) is 0 Å². The Hall–Kier alpha value is -2.28. The van der Waals surface area contributed by atoms with Crippen molar-refractivity contribution in [2.24, 2.45) is 7.05 Å². The van der Waals surface area contributed by atoms with Crippen LogP contribution in [0.4, 0.5) is 4.79 Å². The van der Waals surface area contributed by atoms with Gasteiger partial charge in [0.25, 0.3) is 0 Å². The number of rotatable bonds is 1. The number of piperidine rings is 1. The summed E-state index contributed by atoms with van der Waals surface area (Å²) in [6.07, 6.45) is 0.406. The van der Waals surface area contributed by atoms with E-state index in [9.17, 15) is 9.59 Å². The molecule has 2 aliphatic heterocycles. The number of ether oxygens (including phenoxy) is 2. The summed E-state index contributed by atoms with van der Waals surface area (Å²) in [4.78, 5) is 28.6. The summed E-state index contributed by atoms with van der Waals surface area (Å²) in [6, 6.07) is 5.93. The van der Waals surface area contributed by atoms with Crippen LogP contribution in [0.15, 0.2) is 23.0 Å². The number of aromatic amines is 1. The van der Waals surface area contributed by atoms with E-state index < -0.39 is 5.60 Å². The Morgan fingerprint density at radius 3 is 2.84 bits per heavy atom. The van der Waals surface area contributed by atoms with Crippen LogP contribution in [0.2, 0.25) is 0 Å². The topological polar surface area (TPSA) is 79.9 Å². The molecule has 2 atom stereocenters. The van der Waals surface area contributed by atoms with Gasteiger partial charge in [0.2, 0.25) is 0 Å². The molecule has 0 spiro atoms. The lowest BCUT2D eigenvalue weighted by Crippen LogP contribution is -2.44. The van der Waals surface area contributed by atoms with E-state index in [1.54, 1.807) is 16.5 Å². The molecule has 7 nitrogen and oxygen atoms in total. The molecule has 7 heteroatoms. The molecule has 4 rings (SSSR count). The van der Waals surface area contributed by atoms with Gasteiger partial charge in [-0.2, -0.15) is 0 Å². The predicted molar refractivity (Wildman–Crippen MR) is 92.5 cm³/mol. The molecule has 2 aliphatic rings. The molecule has 0 saturated carbocycles. The first-order chi connectivity index (χ1) is 11.7. The molecule has 134 valence electrons. The van der Waals surface area contributed by atoms with Crippen LogP contribution in [-0.2, 0) is 22.1 Å². The zero-order valence-electron chi connectivity index (χ0n) is 15.0. The molecule has 2 fully saturated rings. The van der Waals surface area contributed by atoms with E-state index in [4.69, 9.17) is 9.47 Å². The number of likely N-dealkylation sites (tertiary alicyclic amines) is 1. The maximum atomic E-state index is 12.2. The van der Waals surface area contributed by atoms with Gasteiger partial charge >= 0.3 is 11.8 Å². The number of imidazole rings is 1. The van der Waals surface area contributed by atoms with Crippen molar-refractivity contribution in [3.63, 3.8) is 0 Å². The number of carbonyl (C=O) groups is 1. The number of amides is 1. The molecule has 0 aliphatic carbocycles. The minimum Gasteiger partial charge on any atom is -0.444 e. The number of epoxide rings is 1. The highest BCUT2D eigenvalue weighted by Crippen LogP contribution is 2.52. The lowest BCUT2D eigenvalue weighted by atomic mass is 9.89. The lowest BCUT2D eigenvalue weighted by Gasteiger charge is -2.31. The Morgan fingerprint density at radius 1 is 1.40 bits per heavy atom. The van der Waals surface area contributed by atoms with Crippen molar-refractivity contribution in [1.29, 1.82) is 0 Å². The number of benzene rings is 1. The number of hydrogen-bond donors (Lipinski definition) is 1. The molecule has 0 bridgehead atoms. The number of aryl methyl sites for hydroxylation is 1. The van der Waals surface area contributed by atoms with Gasteiger partial charge in [0.1, 0.15) is 17.3 Å². The normalized spacial score (nSPS) is 25.8. The van der Waals surface area contributed by atoms with Gasteiger partial charge in [-0.25, -0.2) is 9.59 Å². The Morgan fingerprint density at radius 2 is 2.16 bits per heavy atom. The van der Waals surface area contributed by atoms with Crippen molar-refractivity contribution in [3.05, 3.63) is 34.2 Å². The summed E-state index contributed by atoms with van der Waals surface area (Å²) in [7, 11) is 1.75. The summed E-state index contributed by atoms with van der Waals surface area (Å²) in [5, 5.41) is 0. The van der Waals surface area contributed by atoms with E-state index >= 15 is 0 Å². The smallest absolute Gasteiger partial charge is 0.410 e. The highest BCUT2D eigenvalue weighted by atomic mass is 16.6.